The summed E-state index contributed by atoms with van der Waals surface area (Å²) < 4.78 is 17.5. The molecule has 188 valence electrons. The van der Waals surface area contributed by atoms with Gasteiger partial charge in [-0.25, -0.2) is 4.79 Å². The molecular weight excluding hydrogens is 440 g/mol. The zero-order valence-electron chi connectivity index (χ0n) is 21.2. The van der Waals surface area contributed by atoms with E-state index in [0.717, 1.165) is 7.11 Å². The van der Waals surface area contributed by atoms with Crippen molar-refractivity contribution in [2.24, 2.45) is 34.0 Å². The number of allylic oxidation sites excluding steroid dienone is 1. The minimum atomic E-state index is -2.32. The topological polar surface area (TPSA) is 123 Å². The highest BCUT2D eigenvalue weighted by Crippen LogP contribution is 2.71. The fourth-order valence-corrected chi connectivity index (χ4v) is 8.67. The van der Waals surface area contributed by atoms with Crippen LogP contribution in [-0.2, 0) is 28.6 Å². The summed E-state index contributed by atoms with van der Waals surface area (Å²) in [4.78, 5) is 39.0. The number of carbonyl (C=O) groups is 3. The van der Waals surface area contributed by atoms with Crippen LogP contribution in [0, 0.1) is 34.0 Å². The van der Waals surface area contributed by atoms with Gasteiger partial charge in [0.1, 0.15) is 17.5 Å². The van der Waals surface area contributed by atoms with Crippen molar-refractivity contribution in [2.75, 3.05) is 7.11 Å². The second-order valence-electron chi connectivity index (χ2n) is 12.5. The first-order valence-corrected chi connectivity index (χ1v) is 12.2. The second kappa shape index (κ2) is 6.51. The number of esters is 1. The lowest BCUT2D eigenvalue weighted by atomic mass is 9.41. The minimum absolute atomic E-state index is 0.0266. The lowest BCUT2D eigenvalue weighted by Crippen LogP contribution is -2.71. The quantitative estimate of drug-likeness (QED) is 0.334. The third-order valence-corrected chi connectivity index (χ3v) is 10.5. The van der Waals surface area contributed by atoms with E-state index in [-0.39, 0.29) is 29.3 Å². The van der Waals surface area contributed by atoms with Gasteiger partial charge in [0.25, 0.3) is 0 Å². The summed E-state index contributed by atoms with van der Waals surface area (Å²) in [6.07, 6.45) is -0.793. The lowest BCUT2D eigenvalue weighted by molar-refractivity contribution is -0.255. The number of epoxide rings is 1. The van der Waals surface area contributed by atoms with Crippen molar-refractivity contribution >= 4 is 17.5 Å². The lowest BCUT2D eigenvalue weighted by Gasteiger charge is -2.66. The molecule has 0 unspecified atom stereocenters. The van der Waals surface area contributed by atoms with Crippen LogP contribution in [0.3, 0.4) is 0 Å². The van der Waals surface area contributed by atoms with E-state index in [4.69, 9.17) is 14.2 Å². The molecule has 5 rings (SSSR count). The Hall–Kier alpha value is -1.77. The molecule has 3 aliphatic carbocycles. The number of fused-ring (bicyclic) bond motifs is 6. The summed E-state index contributed by atoms with van der Waals surface area (Å²) in [5.74, 6) is -2.51. The number of Topliss-reactive ketones (excluding diaryl/α,β-unsaturated/α-hetero) is 2. The Morgan fingerprint density at radius 2 is 1.74 bits per heavy atom. The molecule has 0 amide bonds. The van der Waals surface area contributed by atoms with Gasteiger partial charge in [0.2, 0.25) is 11.4 Å². The van der Waals surface area contributed by atoms with Gasteiger partial charge in [-0.05, 0) is 20.3 Å². The Labute approximate surface area is 200 Å². The molecule has 10 atom stereocenters. The molecule has 0 radical (unpaired) electrons. The third kappa shape index (κ3) is 2.42. The van der Waals surface area contributed by atoms with Crippen LogP contribution in [0.5, 0.6) is 0 Å². The van der Waals surface area contributed by atoms with Crippen LogP contribution in [0.15, 0.2) is 11.3 Å². The smallest absolute Gasteiger partial charge is 0.346 e. The second-order valence-corrected chi connectivity index (χ2v) is 12.5. The molecule has 0 aromatic heterocycles. The maximum atomic E-state index is 13.3. The van der Waals surface area contributed by atoms with Gasteiger partial charge in [0.05, 0.1) is 19.3 Å². The maximum absolute atomic E-state index is 13.3. The van der Waals surface area contributed by atoms with Crippen LogP contribution < -0.4 is 0 Å². The fourth-order valence-electron chi connectivity index (χ4n) is 8.67. The van der Waals surface area contributed by atoms with E-state index < -0.39 is 57.3 Å². The van der Waals surface area contributed by atoms with E-state index >= 15 is 0 Å². The van der Waals surface area contributed by atoms with E-state index in [1.165, 1.54) is 0 Å². The zero-order valence-corrected chi connectivity index (χ0v) is 21.2. The Morgan fingerprint density at radius 3 is 2.32 bits per heavy atom. The van der Waals surface area contributed by atoms with Gasteiger partial charge in [-0.3, -0.25) is 9.59 Å². The number of rotatable bonds is 1. The molecule has 8 nitrogen and oxygen atoms in total. The first kappa shape index (κ1) is 23.9. The third-order valence-electron chi connectivity index (χ3n) is 10.5. The Morgan fingerprint density at radius 1 is 1.12 bits per heavy atom. The number of hydrogen-bond acceptors (Lipinski definition) is 8. The van der Waals surface area contributed by atoms with Crippen LogP contribution in [-0.4, -0.2) is 64.4 Å². The molecule has 2 aliphatic heterocycles. The van der Waals surface area contributed by atoms with Gasteiger partial charge in [-0.2, -0.15) is 0 Å². The summed E-state index contributed by atoms with van der Waals surface area (Å²) >= 11 is 0. The highest BCUT2D eigenvalue weighted by atomic mass is 16.6. The highest BCUT2D eigenvalue weighted by Gasteiger charge is 2.78. The van der Waals surface area contributed by atoms with Crippen LogP contribution in [0.4, 0.5) is 0 Å². The number of ether oxygens (including phenoxy) is 3. The van der Waals surface area contributed by atoms with Crippen LogP contribution in [0.25, 0.3) is 0 Å². The van der Waals surface area contributed by atoms with E-state index in [2.05, 4.69) is 6.92 Å². The van der Waals surface area contributed by atoms with Crippen molar-refractivity contribution in [3.8, 4) is 0 Å². The Bertz CT molecular complexity index is 1050. The van der Waals surface area contributed by atoms with Crippen molar-refractivity contribution < 1.29 is 38.8 Å². The van der Waals surface area contributed by atoms with Crippen molar-refractivity contribution in [2.45, 2.75) is 90.8 Å². The van der Waals surface area contributed by atoms with Gasteiger partial charge < -0.3 is 24.4 Å². The predicted octanol–water partition coefficient (Wildman–Crippen LogP) is 1.95. The molecule has 0 aromatic carbocycles. The number of aliphatic hydroxyl groups is 2. The average molecular weight is 477 g/mol. The Balaban J connectivity index is 1.68. The first-order chi connectivity index (χ1) is 15.5. The van der Waals surface area contributed by atoms with E-state index in [9.17, 15) is 24.6 Å². The van der Waals surface area contributed by atoms with E-state index in [0.29, 0.717) is 18.6 Å². The van der Waals surface area contributed by atoms with Crippen molar-refractivity contribution in [1.82, 2.24) is 0 Å². The monoisotopic (exact) mass is 476 g/mol. The normalized spacial score (nSPS) is 53.1. The standard InChI is InChI=1S/C26H36O8/c1-11-17(28)26(31,21(30)32-8)12(2)23(5)10-14-24(6,34-19(11)23)9-13(27)16-22(3,4)18(29)15-20(33-15)25(14,16)7/h12-16,20,27,31H,9-10H2,1-8H3/t12-,13+,14-,15-,16-,20-,23-,24+,25+,26-/m1/s1. The number of ketones is 2. The number of hydrogen-bond donors (Lipinski definition) is 2. The molecule has 0 bridgehead atoms. The van der Waals surface area contributed by atoms with Crippen molar-refractivity contribution in [3.63, 3.8) is 0 Å². The van der Waals surface area contributed by atoms with E-state index in [1.807, 2.05) is 27.7 Å². The average Bonchev–Trinajstić information content (AvgIpc) is 3.56. The summed E-state index contributed by atoms with van der Waals surface area (Å²) in [5.41, 5.74) is -5.13. The molecule has 8 heteroatoms. The molecule has 2 heterocycles. The molecule has 5 aliphatic rings. The summed E-state index contributed by atoms with van der Waals surface area (Å²) in [6, 6.07) is 0. The fraction of sp³-hybridized carbons (Fsp3) is 0.808. The van der Waals surface area contributed by atoms with Crippen LogP contribution in [0.1, 0.15) is 61.3 Å². The van der Waals surface area contributed by atoms with Gasteiger partial charge in [-0.1, -0.05) is 34.6 Å². The molecule has 34 heavy (non-hydrogen) atoms. The van der Waals surface area contributed by atoms with Gasteiger partial charge in [0.15, 0.2) is 5.78 Å². The molecule has 2 saturated heterocycles. The number of aliphatic hydroxyl groups excluding tert-OH is 1. The van der Waals surface area contributed by atoms with E-state index in [1.54, 1.807) is 13.8 Å². The highest BCUT2D eigenvalue weighted by molar-refractivity contribution is 6.16. The molecule has 2 saturated carbocycles. The minimum Gasteiger partial charge on any atom is -0.490 e. The van der Waals surface area contributed by atoms with Crippen LogP contribution in [0.2, 0.25) is 0 Å². The molecule has 0 spiro atoms. The van der Waals surface area contributed by atoms with Gasteiger partial charge >= 0.3 is 5.97 Å². The van der Waals surface area contributed by atoms with Crippen molar-refractivity contribution in [3.05, 3.63) is 11.3 Å². The molecule has 0 aromatic rings. The summed E-state index contributed by atoms with van der Waals surface area (Å²) in [7, 11) is 1.16. The van der Waals surface area contributed by atoms with Gasteiger partial charge in [-0.15, -0.1) is 0 Å². The first-order valence-electron chi connectivity index (χ1n) is 12.2. The summed E-state index contributed by atoms with van der Waals surface area (Å²) in [6.45, 7) is 13.0. The molecular formula is C26H36O8. The summed E-state index contributed by atoms with van der Waals surface area (Å²) in [5, 5.41) is 22.8. The number of carbonyl (C=O) groups excluding carboxylic acids is 3. The van der Waals surface area contributed by atoms with Crippen LogP contribution >= 0.6 is 0 Å². The molecule has 2 N–H and O–H groups in total. The predicted molar refractivity (Wildman–Crippen MR) is 119 cm³/mol. The largest absolute Gasteiger partial charge is 0.490 e. The maximum Gasteiger partial charge on any atom is 0.346 e. The zero-order chi connectivity index (χ0) is 25.4. The van der Waals surface area contributed by atoms with Gasteiger partial charge in [0, 0.05) is 46.0 Å². The number of methoxy groups -OCH3 is 1. The SMILES string of the molecule is COC(=O)[C@]1(O)C(=O)C(C)=C2O[C@@]3(C)C[C@H](O)[C@@H]4C(C)(C)C(=O)[C@H]5O[C@H]5[C@@]4(C)[C@@H]3C[C@]2(C)[C@H]1C. The van der Waals surface area contributed by atoms with Crippen molar-refractivity contribution in [1.29, 1.82) is 0 Å². The molecule has 4 fully saturated rings. The Kier molecular flexibility index (Phi) is 4.58.